The fourth-order valence-corrected chi connectivity index (χ4v) is 5.69. The highest BCUT2D eigenvalue weighted by Crippen LogP contribution is 2.29. The molecule has 9 heteroatoms. The summed E-state index contributed by atoms with van der Waals surface area (Å²) in [6.07, 6.45) is 3.96. The van der Waals surface area contributed by atoms with E-state index in [-0.39, 0.29) is 28.1 Å². The molecule has 2 fully saturated rings. The average molecular weight is 418 g/mol. The molecule has 148 valence electrons. The molecule has 0 radical (unpaired) electrons. The summed E-state index contributed by atoms with van der Waals surface area (Å²) in [6.45, 7) is -0.548. The third kappa shape index (κ3) is 4.79. The van der Waals surface area contributed by atoms with E-state index >= 15 is 0 Å². The number of rotatable bonds is 5. The number of hydrogen-bond donors (Lipinski definition) is 0. The lowest BCUT2D eigenvalue weighted by Gasteiger charge is -2.33. The summed E-state index contributed by atoms with van der Waals surface area (Å²) in [5.41, 5.74) is -0.303. The van der Waals surface area contributed by atoms with E-state index in [9.17, 15) is 22.4 Å². The van der Waals surface area contributed by atoms with Crippen molar-refractivity contribution < 1.29 is 27.1 Å². The van der Waals surface area contributed by atoms with Gasteiger partial charge in [-0.2, -0.15) is 0 Å². The number of nitrogens with zero attached hydrogens (tertiary/aromatic N) is 1. The molecule has 3 rings (SSSR count). The first-order valence-corrected chi connectivity index (χ1v) is 11.1. The molecule has 6 nitrogen and oxygen atoms in total. The molecule has 1 aliphatic heterocycles. The maximum atomic E-state index is 13.8. The quantitative estimate of drug-likeness (QED) is 0.688. The van der Waals surface area contributed by atoms with Crippen LogP contribution in [0.15, 0.2) is 18.2 Å². The molecule has 2 aliphatic rings. The van der Waals surface area contributed by atoms with Gasteiger partial charge in [-0.15, -0.1) is 0 Å². The van der Waals surface area contributed by atoms with Crippen LogP contribution in [-0.4, -0.2) is 55.4 Å². The van der Waals surface area contributed by atoms with E-state index in [1.54, 1.807) is 4.90 Å². The van der Waals surface area contributed by atoms with Crippen LogP contribution in [-0.2, 0) is 19.4 Å². The van der Waals surface area contributed by atoms with E-state index in [2.05, 4.69) is 0 Å². The smallest absolute Gasteiger partial charge is 0.341 e. The van der Waals surface area contributed by atoms with Crippen LogP contribution >= 0.6 is 11.6 Å². The van der Waals surface area contributed by atoms with Crippen molar-refractivity contribution in [3.8, 4) is 0 Å². The predicted molar refractivity (Wildman–Crippen MR) is 97.9 cm³/mol. The van der Waals surface area contributed by atoms with Crippen molar-refractivity contribution in [3.05, 3.63) is 34.6 Å². The molecular formula is C18H21ClFNO5S. The first kappa shape index (κ1) is 20.1. The number of amides is 1. The number of ether oxygens (including phenoxy) is 1. The summed E-state index contributed by atoms with van der Waals surface area (Å²) in [5, 5.41) is 0.148. The van der Waals surface area contributed by atoms with Crippen molar-refractivity contribution >= 4 is 33.3 Å². The molecule has 0 bridgehead atoms. The number of benzene rings is 1. The summed E-state index contributed by atoms with van der Waals surface area (Å²) in [5.74, 6) is -2.22. The van der Waals surface area contributed by atoms with Gasteiger partial charge >= 0.3 is 5.97 Å². The zero-order valence-corrected chi connectivity index (χ0v) is 16.3. The standard InChI is InChI=1S/C18H21ClFNO5S/c19-12-5-6-15(16(20)9-12)18(23)26-10-17(22)21(13-3-1-2-4-13)14-7-8-27(24,25)11-14/h5-6,9,13-14H,1-4,7-8,10-11H2/t14-/m1/s1. The minimum atomic E-state index is -3.15. The van der Waals surface area contributed by atoms with Gasteiger partial charge in [-0.05, 0) is 37.5 Å². The highest BCUT2D eigenvalue weighted by atomic mass is 35.5. The van der Waals surface area contributed by atoms with Crippen molar-refractivity contribution in [2.24, 2.45) is 0 Å². The third-order valence-corrected chi connectivity index (χ3v) is 7.07. The predicted octanol–water partition coefficient (Wildman–Crippen LogP) is 2.59. The molecule has 0 unspecified atom stereocenters. The molecule has 1 aromatic carbocycles. The van der Waals surface area contributed by atoms with Crippen molar-refractivity contribution in [2.45, 2.75) is 44.2 Å². The van der Waals surface area contributed by atoms with E-state index in [4.69, 9.17) is 16.3 Å². The number of carbonyl (C=O) groups is 2. The molecule has 0 spiro atoms. The maximum absolute atomic E-state index is 13.8. The first-order chi connectivity index (χ1) is 12.8. The van der Waals surface area contributed by atoms with Crippen LogP contribution in [0.1, 0.15) is 42.5 Å². The Kier molecular flexibility index (Phi) is 6.05. The Balaban J connectivity index is 1.68. The Bertz CT molecular complexity index is 838. The molecule has 1 amide bonds. The Morgan fingerprint density at radius 1 is 1.19 bits per heavy atom. The molecule has 1 heterocycles. The van der Waals surface area contributed by atoms with Crippen LogP contribution < -0.4 is 0 Å². The second-order valence-electron chi connectivity index (χ2n) is 7.00. The lowest BCUT2D eigenvalue weighted by molar-refractivity contribution is -0.139. The van der Waals surface area contributed by atoms with Crippen LogP contribution in [0.25, 0.3) is 0 Å². The zero-order chi connectivity index (χ0) is 19.6. The van der Waals surface area contributed by atoms with Crippen LogP contribution in [0.5, 0.6) is 0 Å². The van der Waals surface area contributed by atoms with Gasteiger partial charge in [-0.25, -0.2) is 17.6 Å². The zero-order valence-electron chi connectivity index (χ0n) is 14.7. The molecule has 27 heavy (non-hydrogen) atoms. The maximum Gasteiger partial charge on any atom is 0.341 e. The molecular weight excluding hydrogens is 397 g/mol. The lowest BCUT2D eigenvalue weighted by Crippen LogP contribution is -2.48. The van der Waals surface area contributed by atoms with Gasteiger partial charge in [0.15, 0.2) is 16.4 Å². The van der Waals surface area contributed by atoms with Crippen LogP contribution in [0.4, 0.5) is 4.39 Å². The molecule has 1 aromatic rings. The first-order valence-electron chi connectivity index (χ1n) is 8.90. The molecule has 1 saturated heterocycles. The van der Waals surface area contributed by atoms with Gasteiger partial charge in [0.25, 0.3) is 5.91 Å². The fraction of sp³-hybridized carbons (Fsp3) is 0.556. The molecule has 1 saturated carbocycles. The summed E-state index contributed by atoms with van der Waals surface area (Å²) in [7, 11) is -3.15. The summed E-state index contributed by atoms with van der Waals surface area (Å²) in [6, 6.07) is 3.12. The van der Waals surface area contributed by atoms with Crippen LogP contribution in [0, 0.1) is 5.82 Å². The highest BCUT2D eigenvalue weighted by Gasteiger charge is 2.39. The van der Waals surface area contributed by atoms with Gasteiger partial charge in [0, 0.05) is 17.1 Å². The average Bonchev–Trinajstić information content (AvgIpc) is 3.23. The number of esters is 1. The third-order valence-electron chi connectivity index (χ3n) is 5.09. The van der Waals surface area contributed by atoms with Crippen molar-refractivity contribution in [1.82, 2.24) is 4.90 Å². The molecule has 1 aliphatic carbocycles. The monoisotopic (exact) mass is 417 g/mol. The van der Waals surface area contributed by atoms with E-state index in [0.717, 1.165) is 31.7 Å². The van der Waals surface area contributed by atoms with E-state index in [1.165, 1.54) is 12.1 Å². The summed E-state index contributed by atoms with van der Waals surface area (Å²) < 4.78 is 42.5. The topological polar surface area (TPSA) is 80.8 Å². The Hall–Kier alpha value is -1.67. The Morgan fingerprint density at radius 3 is 2.48 bits per heavy atom. The largest absolute Gasteiger partial charge is 0.452 e. The van der Waals surface area contributed by atoms with Gasteiger partial charge in [0.05, 0.1) is 17.1 Å². The molecule has 0 aromatic heterocycles. The van der Waals surface area contributed by atoms with Gasteiger partial charge in [-0.1, -0.05) is 24.4 Å². The van der Waals surface area contributed by atoms with Crippen molar-refractivity contribution in [1.29, 1.82) is 0 Å². The minimum absolute atomic E-state index is 0.0400. The van der Waals surface area contributed by atoms with E-state index in [1.807, 2.05) is 0 Å². The number of sulfone groups is 1. The molecule has 0 N–H and O–H groups in total. The Morgan fingerprint density at radius 2 is 1.89 bits per heavy atom. The van der Waals surface area contributed by atoms with Crippen LogP contribution in [0.3, 0.4) is 0 Å². The van der Waals surface area contributed by atoms with Crippen LogP contribution in [0.2, 0.25) is 5.02 Å². The van der Waals surface area contributed by atoms with Gasteiger partial charge in [0.1, 0.15) is 5.82 Å². The van der Waals surface area contributed by atoms with Crippen molar-refractivity contribution in [3.63, 3.8) is 0 Å². The fourth-order valence-electron chi connectivity index (χ4n) is 3.82. The van der Waals surface area contributed by atoms with Crippen molar-refractivity contribution in [2.75, 3.05) is 18.1 Å². The summed E-state index contributed by atoms with van der Waals surface area (Å²) >= 11 is 5.66. The van der Waals surface area contributed by atoms with Gasteiger partial charge < -0.3 is 9.64 Å². The minimum Gasteiger partial charge on any atom is -0.452 e. The second-order valence-corrected chi connectivity index (χ2v) is 9.66. The SMILES string of the molecule is O=C(OCC(=O)N(C1CCCC1)[C@@H]1CCS(=O)(=O)C1)c1ccc(Cl)cc1F. The summed E-state index contributed by atoms with van der Waals surface area (Å²) in [4.78, 5) is 26.4. The molecule has 1 atom stereocenters. The second kappa shape index (κ2) is 8.14. The van der Waals surface area contributed by atoms with Gasteiger partial charge in [-0.3, -0.25) is 4.79 Å². The number of carbonyl (C=O) groups excluding carboxylic acids is 2. The van der Waals surface area contributed by atoms with Gasteiger partial charge in [0.2, 0.25) is 0 Å². The normalized spacial score (nSPS) is 21.9. The van der Waals surface area contributed by atoms with E-state index < -0.39 is 40.2 Å². The number of halogens is 2. The van der Waals surface area contributed by atoms with E-state index in [0.29, 0.717) is 6.42 Å². The lowest BCUT2D eigenvalue weighted by atomic mass is 10.1. The number of hydrogen-bond acceptors (Lipinski definition) is 5. The highest BCUT2D eigenvalue weighted by molar-refractivity contribution is 7.91. The Labute approximate surface area is 162 Å².